The summed E-state index contributed by atoms with van der Waals surface area (Å²) in [7, 11) is 0. The van der Waals surface area contributed by atoms with Gasteiger partial charge in [0.25, 0.3) is 5.91 Å². The predicted molar refractivity (Wildman–Crippen MR) is 104 cm³/mol. The van der Waals surface area contributed by atoms with E-state index in [1.54, 1.807) is 6.07 Å². The maximum atomic E-state index is 12.7. The molecule has 1 amide bonds. The predicted octanol–water partition coefficient (Wildman–Crippen LogP) is 3.10. The van der Waals surface area contributed by atoms with E-state index in [0.717, 1.165) is 49.1 Å². The van der Waals surface area contributed by atoms with Crippen LogP contribution in [0.1, 0.15) is 10.4 Å². The Hall–Kier alpha value is -2.21. The molecule has 0 saturated carbocycles. The number of carbonyl (C=O) groups is 1. The summed E-state index contributed by atoms with van der Waals surface area (Å²) in [5.74, 6) is -0.122. The highest BCUT2D eigenvalue weighted by Gasteiger charge is 2.15. The zero-order chi connectivity index (χ0) is 17.9. The molecule has 2 aromatic carbocycles. The first-order valence-electron chi connectivity index (χ1n) is 8.79. The minimum Gasteiger partial charge on any atom is -0.379 e. The van der Waals surface area contributed by atoms with Gasteiger partial charge in [-0.15, -0.1) is 0 Å². The van der Waals surface area contributed by atoms with Gasteiger partial charge in [0, 0.05) is 37.0 Å². The van der Waals surface area contributed by atoms with Crippen molar-refractivity contribution in [1.82, 2.24) is 15.2 Å². The van der Waals surface area contributed by atoms with Crippen molar-refractivity contribution in [3.05, 3.63) is 53.1 Å². The van der Waals surface area contributed by atoms with Crippen LogP contribution in [-0.2, 0) is 4.74 Å². The number of carbonyl (C=O) groups excluding carboxylic acids is 1. The molecule has 0 bridgehead atoms. The average Bonchev–Trinajstić information content (AvgIpc) is 2.68. The zero-order valence-corrected chi connectivity index (χ0v) is 15.1. The van der Waals surface area contributed by atoms with Crippen molar-refractivity contribution >= 4 is 39.3 Å². The second-order valence-electron chi connectivity index (χ2n) is 6.35. The normalized spacial score (nSPS) is 15.4. The maximum absolute atomic E-state index is 12.7. The highest BCUT2D eigenvalue weighted by atomic mass is 35.5. The number of pyridine rings is 1. The molecule has 134 valence electrons. The van der Waals surface area contributed by atoms with Crippen molar-refractivity contribution in [1.29, 1.82) is 0 Å². The Kier molecular flexibility index (Phi) is 5.02. The number of ether oxygens (including phenoxy) is 1. The quantitative estimate of drug-likeness (QED) is 0.718. The van der Waals surface area contributed by atoms with Gasteiger partial charge in [0.2, 0.25) is 0 Å². The van der Waals surface area contributed by atoms with Gasteiger partial charge in [-0.05, 0) is 12.1 Å². The summed E-state index contributed by atoms with van der Waals surface area (Å²) in [6.07, 6.45) is 0. The van der Waals surface area contributed by atoms with Crippen molar-refractivity contribution < 1.29 is 9.53 Å². The Morgan fingerprint density at radius 1 is 1.12 bits per heavy atom. The molecule has 0 unspecified atom stereocenters. The number of fused-ring (bicyclic) bond motifs is 2. The van der Waals surface area contributed by atoms with Gasteiger partial charge in [-0.1, -0.05) is 41.9 Å². The molecule has 0 radical (unpaired) electrons. The Balaban J connectivity index is 1.58. The molecule has 4 rings (SSSR count). The molecule has 1 fully saturated rings. The van der Waals surface area contributed by atoms with Crippen molar-refractivity contribution in [3.8, 4) is 0 Å². The van der Waals surface area contributed by atoms with Gasteiger partial charge in [0.05, 0.1) is 34.8 Å². The molecule has 0 spiro atoms. The van der Waals surface area contributed by atoms with Gasteiger partial charge in [0.1, 0.15) is 0 Å². The van der Waals surface area contributed by atoms with Crippen molar-refractivity contribution in [2.75, 3.05) is 39.4 Å². The summed E-state index contributed by atoms with van der Waals surface area (Å²) in [5, 5.41) is 5.33. The number of halogens is 1. The van der Waals surface area contributed by atoms with Crippen molar-refractivity contribution in [2.24, 2.45) is 0 Å². The van der Waals surface area contributed by atoms with E-state index in [0.29, 0.717) is 22.6 Å². The minimum absolute atomic E-state index is 0.122. The third-order valence-electron chi connectivity index (χ3n) is 4.71. The van der Waals surface area contributed by atoms with E-state index in [-0.39, 0.29) is 5.91 Å². The van der Waals surface area contributed by atoms with Crippen molar-refractivity contribution in [2.45, 2.75) is 0 Å². The Labute approximate surface area is 156 Å². The number of hydrogen-bond donors (Lipinski definition) is 1. The summed E-state index contributed by atoms with van der Waals surface area (Å²) >= 11 is 6.57. The number of nitrogens with one attached hydrogen (secondary N) is 1. The summed E-state index contributed by atoms with van der Waals surface area (Å²) in [5.41, 5.74) is 1.98. The number of benzene rings is 2. The van der Waals surface area contributed by atoms with Gasteiger partial charge in [-0.3, -0.25) is 9.69 Å². The lowest BCUT2D eigenvalue weighted by molar-refractivity contribution is 0.0383. The van der Waals surface area contributed by atoms with Gasteiger partial charge in [-0.25, -0.2) is 4.98 Å². The standard InChI is InChI=1S/C20H20ClN3O2/c21-18-14-4-1-2-7-17(14)23-19-15(18)5-3-6-16(19)20(25)22-8-9-24-10-12-26-13-11-24/h1-7H,8-13H2,(H,22,25). The number of para-hydroxylation sites is 2. The molecule has 1 saturated heterocycles. The van der Waals surface area contributed by atoms with Crippen LogP contribution in [0.15, 0.2) is 42.5 Å². The van der Waals surface area contributed by atoms with Crippen LogP contribution in [0.25, 0.3) is 21.8 Å². The molecule has 0 atom stereocenters. The van der Waals surface area contributed by atoms with E-state index < -0.39 is 0 Å². The van der Waals surface area contributed by atoms with Crippen LogP contribution < -0.4 is 5.32 Å². The monoisotopic (exact) mass is 369 g/mol. The molecule has 6 heteroatoms. The fraction of sp³-hybridized carbons (Fsp3) is 0.300. The lowest BCUT2D eigenvalue weighted by Gasteiger charge is -2.26. The van der Waals surface area contributed by atoms with E-state index >= 15 is 0 Å². The fourth-order valence-corrected chi connectivity index (χ4v) is 3.61. The minimum atomic E-state index is -0.122. The molecular formula is C20H20ClN3O2. The van der Waals surface area contributed by atoms with Crippen LogP contribution in [0.2, 0.25) is 5.02 Å². The highest BCUT2D eigenvalue weighted by molar-refractivity contribution is 6.40. The topological polar surface area (TPSA) is 54.5 Å². The summed E-state index contributed by atoms with van der Waals surface area (Å²) in [4.78, 5) is 19.7. The summed E-state index contributed by atoms with van der Waals surface area (Å²) in [6.45, 7) is 4.74. The molecule has 3 aromatic rings. The highest BCUT2D eigenvalue weighted by Crippen LogP contribution is 2.31. The second kappa shape index (κ2) is 7.58. The van der Waals surface area contributed by atoms with E-state index in [9.17, 15) is 4.79 Å². The third kappa shape index (κ3) is 3.38. The van der Waals surface area contributed by atoms with Gasteiger partial charge < -0.3 is 10.1 Å². The molecular weight excluding hydrogens is 350 g/mol. The van der Waals surface area contributed by atoms with Crippen LogP contribution in [0, 0.1) is 0 Å². The molecule has 2 heterocycles. The molecule has 1 aliphatic rings. The number of rotatable bonds is 4. The van der Waals surface area contributed by atoms with Gasteiger partial charge >= 0.3 is 0 Å². The van der Waals surface area contributed by atoms with Crippen molar-refractivity contribution in [3.63, 3.8) is 0 Å². The average molecular weight is 370 g/mol. The van der Waals surface area contributed by atoms with E-state index in [4.69, 9.17) is 16.3 Å². The van der Waals surface area contributed by atoms with E-state index in [1.165, 1.54) is 0 Å². The largest absolute Gasteiger partial charge is 0.379 e. The van der Waals surface area contributed by atoms with Crippen LogP contribution >= 0.6 is 11.6 Å². The summed E-state index contributed by atoms with van der Waals surface area (Å²) in [6, 6.07) is 13.3. The number of amides is 1. The Bertz CT molecular complexity index is 954. The number of hydrogen-bond acceptors (Lipinski definition) is 4. The van der Waals surface area contributed by atoms with Gasteiger partial charge in [-0.2, -0.15) is 0 Å². The maximum Gasteiger partial charge on any atom is 0.253 e. The Morgan fingerprint density at radius 2 is 1.88 bits per heavy atom. The molecule has 1 N–H and O–H groups in total. The Morgan fingerprint density at radius 3 is 2.73 bits per heavy atom. The van der Waals surface area contributed by atoms with Gasteiger partial charge in [0.15, 0.2) is 0 Å². The zero-order valence-electron chi connectivity index (χ0n) is 14.4. The van der Waals surface area contributed by atoms with Crippen LogP contribution in [0.3, 0.4) is 0 Å². The SMILES string of the molecule is O=C(NCCN1CCOCC1)c1cccc2c(Cl)c3ccccc3nc12. The molecule has 26 heavy (non-hydrogen) atoms. The van der Waals surface area contributed by atoms with Crippen LogP contribution in [0.4, 0.5) is 0 Å². The molecule has 1 aromatic heterocycles. The number of nitrogens with zero attached hydrogens (tertiary/aromatic N) is 2. The summed E-state index contributed by atoms with van der Waals surface area (Å²) < 4.78 is 5.34. The van der Waals surface area contributed by atoms with E-state index in [1.807, 2.05) is 36.4 Å². The van der Waals surface area contributed by atoms with E-state index in [2.05, 4.69) is 15.2 Å². The lowest BCUT2D eigenvalue weighted by Crippen LogP contribution is -2.41. The first-order valence-corrected chi connectivity index (χ1v) is 9.17. The second-order valence-corrected chi connectivity index (χ2v) is 6.73. The number of aromatic nitrogens is 1. The molecule has 1 aliphatic heterocycles. The smallest absolute Gasteiger partial charge is 0.253 e. The van der Waals surface area contributed by atoms with Crippen LogP contribution in [-0.4, -0.2) is 55.2 Å². The van der Waals surface area contributed by atoms with Crippen LogP contribution in [0.5, 0.6) is 0 Å². The third-order valence-corrected chi connectivity index (χ3v) is 5.11. The molecule has 0 aliphatic carbocycles. The first-order chi connectivity index (χ1) is 12.7. The lowest BCUT2D eigenvalue weighted by atomic mass is 10.1. The molecule has 5 nitrogen and oxygen atoms in total. The fourth-order valence-electron chi connectivity index (χ4n) is 3.29. The number of morpholine rings is 1. The first kappa shape index (κ1) is 17.2.